The van der Waals surface area contributed by atoms with Gasteiger partial charge in [0.25, 0.3) is 5.91 Å². The van der Waals surface area contributed by atoms with Gasteiger partial charge in [-0.05, 0) is 67.6 Å². The van der Waals surface area contributed by atoms with E-state index >= 15 is 0 Å². The van der Waals surface area contributed by atoms with Crippen LogP contribution in [0.25, 0.3) is 0 Å². The van der Waals surface area contributed by atoms with Crippen LogP contribution in [-0.4, -0.2) is 56.9 Å². The first-order valence-electron chi connectivity index (χ1n) is 11.3. The van der Waals surface area contributed by atoms with Gasteiger partial charge in [0.2, 0.25) is 0 Å². The standard InChI is InChI=1S/C25H30N4O6/c1-16-6-7-17(2)20(11-16)28-23(30)15-35-21-9-8-18(12-22(21)33-3)13-27-29-25(32)24(31)26-14-19-5-4-10-34-19/h6-9,11-13,19H,4-5,10,14-15H2,1-3H3,(H,26,31)(H,28,30)(H,29,32)/b27-13-/t19-/m0/s1. The number of nitrogens with zero attached hydrogens (tertiary/aromatic N) is 1. The molecule has 0 saturated carbocycles. The van der Waals surface area contributed by atoms with Gasteiger partial charge in [0.15, 0.2) is 18.1 Å². The van der Waals surface area contributed by atoms with Gasteiger partial charge in [-0.1, -0.05) is 12.1 Å². The van der Waals surface area contributed by atoms with E-state index in [0.29, 0.717) is 23.7 Å². The van der Waals surface area contributed by atoms with Gasteiger partial charge in [0.1, 0.15) is 0 Å². The highest BCUT2D eigenvalue weighted by atomic mass is 16.5. The van der Waals surface area contributed by atoms with Gasteiger partial charge in [-0.25, -0.2) is 5.43 Å². The Morgan fingerprint density at radius 2 is 1.94 bits per heavy atom. The van der Waals surface area contributed by atoms with Gasteiger partial charge in [-0.2, -0.15) is 5.10 Å². The van der Waals surface area contributed by atoms with Crippen LogP contribution in [0.1, 0.15) is 29.5 Å². The van der Waals surface area contributed by atoms with E-state index in [1.54, 1.807) is 18.2 Å². The Hall–Kier alpha value is -3.92. The Balaban J connectivity index is 1.49. The molecule has 35 heavy (non-hydrogen) atoms. The van der Waals surface area contributed by atoms with Gasteiger partial charge >= 0.3 is 11.8 Å². The maximum absolute atomic E-state index is 12.3. The third-order valence-electron chi connectivity index (χ3n) is 5.31. The third kappa shape index (κ3) is 7.82. The smallest absolute Gasteiger partial charge is 0.329 e. The van der Waals surface area contributed by atoms with Crippen molar-refractivity contribution in [1.82, 2.24) is 10.7 Å². The molecule has 1 heterocycles. The summed E-state index contributed by atoms with van der Waals surface area (Å²) in [5, 5.41) is 9.17. The number of aryl methyl sites for hydroxylation is 2. The molecular weight excluding hydrogens is 452 g/mol. The number of methoxy groups -OCH3 is 1. The Morgan fingerprint density at radius 1 is 1.11 bits per heavy atom. The Bertz CT molecular complexity index is 1100. The SMILES string of the molecule is COc1cc(/C=N\NC(=O)C(=O)NC[C@@H]2CCCO2)ccc1OCC(=O)Nc1cc(C)ccc1C. The Morgan fingerprint density at radius 3 is 2.69 bits per heavy atom. The lowest BCUT2D eigenvalue weighted by atomic mass is 10.1. The van der Waals surface area contributed by atoms with Crippen LogP contribution in [0.4, 0.5) is 5.69 Å². The van der Waals surface area contributed by atoms with Crippen molar-refractivity contribution in [1.29, 1.82) is 0 Å². The average Bonchev–Trinajstić information content (AvgIpc) is 3.37. The number of amides is 3. The van der Waals surface area contributed by atoms with Gasteiger partial charge in [0.05, 0.1) is 19.4 Å². The largest absolute Gasteiger partial charge is 0.493 e. The normalized spacial score (nSPS) is 15.0. The first-order chi connectivity index (χ1) is 16.9. The minimum absolute atomic E-state index is 0.0545. The second kappa shape index (κ2) is 12.5. The lowest BCUT2D eigenvalue weighted by molar-refractivity contribution is -0.139. The Kier molecular flexibility index (Phi) is 9.19. The molecule has 1 saturated heterocycles. The zero-order chi connectivity index (χ0) is 25.2. The minimum Gasteiger partial charge on any atom is -0.493 e. The van der Waals surface area contributed by atoms with E-state index in [1.807, 2.05) is 32.0 Å². The molecule has 10 nitrogen and oxygen atoms in total. The van der Waals surface area contributed by atoms with Gasteiger partial charge in [0, 0.05) is 18.8 Å². The third-order valence-corrected chi connectivity index (χ3v) is 5.31. The molecule has 1 atom stereocenters. The number of ether oxygens (including phenoxy) is 3. The molecule has 1 fully saturated rings. The number of carbonyl (C=O) groups is 3. The summed E-state index contributed by atoms with van der Waals surface area (Å²) >= 11 is 0. The molecule has 3 N–H and O–H groups in total. The van der Waals surface area contributed by atoms with Crippen LogP contribution < -0.4 is 25.5 Å². The fraction of sp³-hybridized carbons (Fsp3) is 0.360. The zero-order valence-corrected chi connectivity index (χ0v) is 20.1. The molecule has 0 spiro atoms. The number of anilines is 1. The zero-order valence-electron chi connectivity index (χ0n) is 20.1. The van der Waals surface area contributed by atoms with Crippen LogP contribution >= 0.6 is 0 Å². The average molecular weight is 483 g/mol. The topological polar surface area (TPSA) is 127 Å². The van der Waals surface area contributed by atoms with E-state index in [1.165, 1.54) is 13.3 Å². The molecule has 0 unspecified atom stereocenters. The van der Waals surface area contributed by atoms with E-state index in [4.69, 9.17) is 14.2 Å². The predicted molar refractivity (Wildman–Crippen MR) is 131 cm³/mol. The fourth-order valence-corrected chi connectivity index (χ4v) is 3.39. The molecule has 0 aromatic heterocycles. The summed E-state index contributed by atoms with van der Waals surface area (Å²) in [7, 11) is 1.47. The van der Waals surface area contributed by atoms with Crippen LogP contribution in [0, 0.1) is 13.8 Å². The van der Waals surface area contributed by atoms with Crippen molar-refractivity contribution < 1.29 is 28.6 Å². The quantitative estimate of drug-likeness (QED) is 0.285. The molecule has 10 heteroatoms. The maximum Gasteiger partial charge on any atom is 0.329 e. The van der Waals surface area contributed by atoms with E-state index in [-0.39, 0.29) is 25.2 Å². The van der Waals surface area contributed by atoms with Gasteiger partial charge < -0.3 is 24.8 Å². The molecule has 186 valence electrons. The first-order valence-corrected chi connectivity index (χ1v) is 11.3. The molecular formula is C25H30N4O6. The highest BCUT2D eigenvalue weighted by Gasteiger charge is 2.19. The number of benzene rings is 2. The monoisotopic (exact) mass is 482 g/mol. The molecule has 2 aromatic carbocycles. The van der Waals surface area contributed by atoms with Crippen molar-refractivity contribution in [3.8, 4) is 11.5 Å². The molecule has 3 amide bonds. The number of carbonyl (C=O) groups excluding carboxylic acids is 3. The van der Waals surface area contributed by atoms with E-state index in [9.17, 15) is 14.4 Å². The molecule has 0 bridgehead atoms. The molecule has 2 aromatic rings. The van der Waals surface area contributed by atoms with Crippen LogP contribution in [-0.2, 0) is 19.1 Å². The van der Waals surface area contributed by atoms with E-state index < -0.39 is 11.8 Å². The summed E-state index contributed by atoms with van der Waals surface area (Å²) in [5.74, 6) is -1.20. The summed E-state index contributed by atoms with van der Waals surface area (Å²) in [6.07, 6.45) is 3.12. The van der Waals surface area contributed by atoms with E-state index in [2.05, 4.69) is 21.2 Å². The second-order valence-corrected chi connectivity index (χ2v) is 8.11. The number of nitrogens with one attached hydrogen (secondary N) is 3. The Labute approximate surface area is 204 Å². The first kappa shape index (κ1) is 25.7. The van der Waals surface area contributed by atoms with Crippen molar-refractivity contribution in [2.75, 3.05) is 32.2 Å². The molecule has 1 aliphatic rings. The van der Waals surface area contributed by atoms with Crippen molar-refractivity contribution in [2.45, 2.75) is 32.8 Å². The van der Waals surface area contributed by atoms with Gasteiger partial charge in [-0.15, -0.1) is 0 Å². The summed E-state index contributed by atoms with van der Waals surface area (Å²) in [5.41, 5.74) is 5.51. The number of hydrazone groups is 1. The van der Waals surface area contributed by atoms with Crippen molar-refractivity contribution >= 4 is 29.6 Å². The highest BCUT2D eigenvalue weighted by molar-refractivity contribution is 6.35. The van der Waals surface area contributed by atoms with E-state index in [0.717, 1.165) is 29.7 Å². The lowest BCUT2D eigenvalue weighted by Gasteiger charge is -2.12. The molecule has 3 rings (SSSR count). The summed E-state index contributed by atoms with van der Waals surface area (Å²) in [4.78, 5) is 36.0. The van der Waals surface area contributed by atoms with Crippen molar-refractivity contribution in [3.05, 3.63) is 53.1 Å². The summed E-state index contributed by atoms with van der Waals surface area (Å²) in [6.45, 7) is 4.63. The highest BCUT2D eigenvalue weighted by Crippen LogP contribution is 2.27. The predicted octanol–water partition coefficient (Wildman–Crippen LogP) is 2.07. The minimum atomic E-state index is -0.874. The van der Waals surface area contributed by atoms with Gasteiger partial charge in [-0.3, -0.25) is 14.4 Å². The van der Waals surface area contributed by atoms with Crippen LogP contribution in [0.2, 0.25) is 0 Å². The fourth-order valence-electron chi connectivity index (χ4n) is 3.39. The number of hydrogen-bond donors (Lipinski definition) is 3. The second-order valence-electron chi connectivity index (χ2n) is 8.11. The number of hydrogen-bond acceptors (Lipinski definition) is 7. The van der Waals surface area contributed by atoms with Crippen LogP contribution in [0.3, 0.4) is 0 Å². The van der Waals surface area contributed by atoms with Crippen LogP contribution in [0.5, 0.6) is 11.5 Å². The summed E-state index contributed by atoms with van der Waals surface area (Å²) in [6, 6.07) is 10.7. The molecule has 0 radical (unpaired) electrons. The van der Waals surface area contributed by atoms with Crippen molar-refractivity contribution in [2.24, 2.45) is 5.10 Å². The number of rotatable bonds is 9. The van der Waals surface area contributed by atoms with Crippen molar-refractivity contribution in [3.63, 3.8) is 0 Å². The molecule has 1 aliphatic heterocycles. The summed E-state index contributed by atoms with van der Waals surface area (Å²) < 4.78 is 16.4. The maximum atomic E-state index is 12.3. The lowest BCUT2D eigenvalue weighted by Crippen LogP contribution is -2.41. The molecule has 0 aliphatic carbocycles. The van der Waals surface area contributed by atoms with Crippen LogP contribution in [0.15, 0.2) is 41.5 Å².